The van der Waals surface area contributed by atoms with E-state index in [4.69, 9.17) is 0 Å². The fraction of sp³-hybridized carbons (Fsp3) is 0.857. The molecule has 0 aromatic heterocycles. The van der Waals surface area contributed by atoms with Crippen molar-refractivity contribution >= 4 is 11.7 Å². The summed E-state index contributed by atoms with van der Waals surface area (Å²) in [6, 6.07) is 0.394. The number of carbonyl (C=O) groups excluding carboxylic acids is 2. The Balaban J connectivity index is 2.28. The van der Waals surface area contributed by atoms with Crippen LogP contribution in [-0.4, -0.2) is 47.9 Å². The summed E-state index contributed by atoms with van der Waals surface area (Å²) in [6.07, 6.45) is 2.90. The molecule has 0 bridgehead atoms. The summed E-state index contributed by atoms with van der Waals surface area (Å²) in [5.41, 5.74) is 0. The molecule has 1 aliphatic heterocycles. The first kappa shape index (κ1) is 16.1. The van der Waals surface area contributed by atoms with Crippen LogP contribution in [0.25, 0.3) is 0 Å². The second kappa shape index (κ2) is 7.60. The van der Waals surface area contributed by atoms with E-state index in [9.17, 15) is 9.59 Å². The molecule has 1 unspecified atom stereocenters. The fourth-order valence-corrected chi connectivity index (χ4v) is 2.37. The minimum absolute atomic E-state index is 0.0313. The quantitative estimate of drug-likeness (QED) is 0.643. The van der Waals surface area contributed by atoms with Crippen LogP contribution in [0.15, 0.2) is 0 Å². The zero-order valence-electron chi connectivity index (χ0n) is 12.5. The summed E-state index contributed by atoms with van der Waals surface area (Å²) in [4.78, 5) is 24.9. The van der Waals surface area contributed by atoms with E-state index in [2.05, 4.69) is 24.5 Å². The standard InChI is InChI=1S/C14H27N3O2/c1-10(2)15-8-6-5-7-13-14(19)17(9-11(3)18)12(4)16-13/h10,12-13,15-16H,5-9H2,1-4H3/t12-,13?/m0/s1. The minimum atomic E-state index is -0.117. The van der Waals surface area contributed by atoms with Gasteiger partial charge in [0, 0.05) is 6.04 Å². The third kappa shape index (κ3) is 5.28. The smallest absolute Gasteiger partial charge is 0.241 e. The van der Waals surface area contributed by atoms with Gasteiger partial charge in [-0.2, -0.15) is 0 Å². The highest BCUT2D eigenvalue weighted by Crippen LogP contribution is 2.14. The van der Waals surface area contributed by atoms with Crippen molar-refractivity contribution < 1.29 is 9.59 Å². The van der Waals surface area contributed by atoms with Crippen LogP contribution < -0.4 is 10.6 Å². The highest BCUT2D eigenvalue weighted by molar-refractivity contribution is 5.89. The number of ketones is 1. The minimum Gasteiger partial charge on any atom is -0.319 e. The molecular formula is C14H27N3O2. The van der Waals surface area contributed by atoms with Crippen molar-refractivity contribution in [3.63, 3.8) is 0 Å². The van der Waals surface area contributed by atoms with E-state index < -0.39 is 0 Å². The second-order valence-corrected chi connectivity index (χ2v) is 5.67. The maximum Gasteiger partial charge on any atom is 0.241 e. The van der Waals surface area contributed by atoms with Gasteiger partial charge in [-0.15, -0.1) is 0 Å². The molecule has 0 radical (unpaired) electrons. The van der Waals surface area contributed by atoms with Crippen molar-refractivity contribution in [3.8, 4) is 0 Å². The highest BCUT2D eigenvalue weighted by atomic mass is 16.2. The summed E-state index contributed by atoms with van der Waals surface area (Å²) in [5, 5.41) is 6.63. The summed E-state index contributed by atoms with van der Waals surface area (Å²) in [7, 11) is 0. The van der Waals surface area contributed by atoms with E-state index in [1.165, 1.54) is 6.92 Å². The Morgan fingerprint density at radius 3 is 2.68 bits per heavy atom. The largest absolute Gasteiger partial charge is 0.319 e. The van der Waals surface area contributed by atoms with Gasteiger partial charge in [-0.3, -0.25) is 14.9 Å². The van der Waals surface area contributed by atoms with Gasteiger partial charge >= 0.3 is 0 Å². The van der Waals surface area contributed by atoms with Gasteiger partial charge in [0.15, 0.2) is 0 Å². The van der Waals surface area contributed by atoms with Crippen LogP contribution in [0.2, 0.25) is 0 Å². The van der Waals surface area contributed by atoms with Crippen LogP contribution in [0, 0.1) is 0 Å². The third-order valence-electron chi connectivity index (χ3n) is 3.36. The van der Waals surface area contributed by atoms with Gasteiger partial charge in [0.1, 0.15) is 5.78 Å². The lowest BCUT2D eigenvalue weighted by molar-refractivity contribution is -0.133. The van der Waals surface area contributed by atoms with Crippen LogP contribution in [0.5, 0.6) is 0 Å². The van der Waals surface area contributed by atoms with Crippen molar-refractivity contribution in [2.75, 3.05) is 13.1 Å². The zero-order valence-corrected chi connectivity index (χ0v) is 12.5. The monoisotopic (exact) mass is 269 g/mol. The van der Waals surface area contributed by atoms with E-state index in [1.54, 1.807) is 4.90 Å². The second-order valence-electron chi connectivity index (χ2n) is 5.67. The molecule has 0 aliphatic carbocycles. The molecule has 2 atom stereocenters. The SMILES string of the molecule is CC(=O)CN1C(=O)C(CCCCNC(C)C)N[C@@H]1C. The van der Waals surface area contributed by atoms with Gasteiger partial charge in [-0.1, -0.05) is 20.3 Å². The van der Waals surface area contributed by atoms with Crippen molar-refractivity contribution in [3.05, 3.63) is 0 Å². The lowest BCUT2D eigenvalue weighted by atomic mass is 10.1. The Labute approximate surface area is 116 Å². The summed E-state index contributed by atoms with van der Waals surface area (Å²) >= 11 is 0. The van der Waals surface area contributed by atoms with Gasteiger partial charge in [-0.25, -0.2) is 0 Å². The Bertz CT molecular complexity index is 318. The summed E-state index contributed by atoms with van der Waals surface area (Å²) < 4.78 is 0. The first-order valence-corrected chi connectivity index (χ1v) is 7.21. The molecule has 0 spiro atoms. The Kier molecular flexibility index (Phi) is 6.45. The number of nitrogens with zero attached hydrogens (tertiary/aromatic N) is 1. The lowest BCUT2D eigenvalue weighted by Gasteiger charge is -2.18. The molecule has 1 fully saturated rings. The Morgan fingerprint density at radius 1 is 1.42 bits per heavy atom. The molecule has 5 heteroatoms. The topological polar surface area (TPSA) is 61.4 Å². The van der Waals surface area contributed by atoms with E-state index in [1.807, 2.05) is 6.92 Å². The average molecular weight is 269 g/mol. The van der Waals surface area contributed by atoms with Crippen molar-refractivity contribution in [1.29, 1.82) is 0 Å². The van der Waals surface area contributed by atoms with Crippen LogP contribution in [0.1, 0.15) is 47.0 Å². The summed E-state index contributed by atoms with van der Waals surface area (Å²) in [5.74, 6) is 0.100. The van der Waals surface area contributed by atoms with Gasteiger partial charge in [0.2, 0.25) is 5.91 Å². The predicted octanol–water partition coefficient (Wildman–Crippen LogP) is 0.890. The van der Waals surface area contributed by atoms with E-state index in [-0.39, 0.29) is 30.4 Å². The van der Waals surface area contributed by atoms with E-state index in [0.29, 0.717) is 6.04 Å². The normalized spacial score (nSPS) is 23.4. The molecule has 1 aliphatic rings. The van der Waals surface area contributed by atoms with Gasteiger partial charge < -0.3 is 10.2 Å². The number of Topliss-reactive ketones (excluding diaryl/α,β-unsaturated/α-hetero) is 1. The number of unbranched alkanes of at least 4 members (excludes halogenated alkanes) is 1. The molecule has 0 aromatic rings. The molecule has 19 heavy (non-hydrogen) atoms. The van der Waals surface area contributed by atoms with E-state index in [0.717, 1.165) is 25.8 Å². The maximum atomic E-state index is 12.1. The molecular weight excluding hydrogens is 242 g/mol. The molecule has 0 aromatic carbocycles. The van der Waals surface area contributed by atoms with Crippen LogP contribution in [0.4, 0.5) is 0 Å². The van der Waals surface area contributed by atoms with Crippen LogP contribution in [-0.2, 0) is 9.59 Å². The third-order valence-corrected chi connectivity index (χ3v) is 3.36. The van der Waals surface area contributed by atoms with Crippen molar-refractivity contribution in [1.82, 2.24) is 15.5 Å². The zero-order chi connectivity index (χ0) is 14.4. The summed E-state index contributed by atoms with van der Waals surface area (Å²) in [6.45, 7) is 8.92. The molecule has 1 amide bonds. The van der Waals surface area contributed by atoms with E-state index >= 15 is 0 Å². The van der Waals surface area contributed by atoms with Crippen LogP contribution >= 0.6 is 0 Å². The van der Waals surface area contributed by atoms with Gasteiger partial charge in [0.25, 0.3) is 0 Å². The molecule has 5 nitrogen and oxygen atoms in total. The van der Waals surface area contributed by atoms with Crippen molar-refractivity contribution in [2.24, 2.45) is 0 Å². The first-order valence-electron chi connectivity index (χ1n) is 7.21. The maximum absolute atomic E-state index is 12.1. The lowest BCUT2D eigenvalue weighted by Crippen LogP contribution is -2.37. The van der Waals surface area contributed by atoms with Gasteiger partial charge in [0.05, 0.1) is 18.8 Å². The fourth-order valence-electron chi connectivity index (χ4n) is 2.37. The number of amides is 1. The average Bonchev–Trinajstić information content (AvgIpc) is 2.56. The van der Waals surface area contributed by atoms with Crippen molar-refractivity contribution in [2.45, 2.75) is 65.2 Å². The Morgan fingerprint density at radius 2 is 2.11 bits per heavy atom. The molecule has 0 saturated carbocycles. The molecule has 1 rings (SSSR count). The van der Waals surface area contributed by atoms with Crippen LogP contribution in [0.3, 0.4) is 0 Å². The molecule has 1 saturated heterocycles. The number of carbonyl (C=O) groups is 2. The molecule has 110 valence electrons. The number of hydrogen-bond acceptors (Lipinski definition) is 4. The highest BCUT2D eigenvalue weighted by Gasteiger charge is 2.36. The number of rotatable bonds is 8. The Hall–Kier alpha value is -0.940. The predicted molar refractivity (Wildman–Crippen MR) is 75.8 cm³/mol. The molecule has 2 N–H and O–H groups in total. The number of nitrogens with one attached hydrogen (secondary N) is 2. The number of hydrogen-bond donors (Lipinski definition) is 2. The van der Waals surface area contributed by atoms with Gasteiger partial charge in [-0.05, 0) is 33.2 Å². The molecule has 1 heterocycles. The first-order chi connectivity index (χ1) is 8.91.